The number of rotatable bonds is 4. The zero-order valence-corrected chi connectivity index (χ0v) is 24.8. The first-order chi connectivity index (χ1) is 22.8. The van der Waals surface area contributed by atoms with Crippen LogP contribution in [0.25, 0.3) is 88.5 Å². The maximum absolute atomic E-state index is 5.29. The molecule has 0 aliphatic rings. The Kier molecular flexibility index (Phi) is 6.10. The third-order valence-corrected chi connectivity index (χ3v) is 8.69. The molecular weight excluding hydrogens is 560 g/mol. The lowest BCUT2D eigenvalue weighted by molar-refractivity contribution is 1.33. The highest BCUT2D eigenvalue weighted by Gasteiger charge is 2.16. The Labute approximate surface area is 265 Å². The number of pyridine rings is 4. The zero-order valence-electron chi connectivity index (χ0n) is 24.8. The second kappa shape index (κ2) is 10.7. The fourth-order valence-electron chi connectivity index (χ4n) is 6.47. The lowest BCUT2D eigenvalue weighted by Gasteiger charge is -2.15. The van der Waals surface area contributed by atoms with Crippen LogP contribution in [0.2, 0.25) is 0 Å². The molecule has 0 aliphatic heterocycles. The van der Waals surface area contributed by atoms with Gasteiger partial charge >= 0.3 is 0 Å². The molecule has 0 bridgehead atoms. The number of aromatic nitrogens is 4. The molecule has 0 aliphatic carbocycles. The van der Waals surface area contributed by atoms with Gasteiger partial charge in [-0.25, -0.2) is 15.0 Å². The number of benzene rings is 5. The van der Waals surface area contributed by atoms with E-state index in [-0.39, 0.29) is 0 Å². The van der Waals surface area contributed by atoms with Crippen molar-refractivity contribution in [3.63, 3.8) is 0 Å². The van der Waals surface area contributed by atoms with Crippen LogP contribution in [0.1, 0.15) is 0 Å². The molecule has 0 saturated heterocycles. The summed E-state index contributed by atoms with van der Waals surface area (Å²) in [7, 11) is 0. The first-order valence-electron chi connectivity index (χ1n) is 15.4. The predicted octanol–water partition coefficient (Wildman–Crippen LogP) is 10.5. The quantitative estimate of drug-likeness (QED) is 0.193. The highest BCUT2D eigenvalue weighted by atomic mass is 14.8. The van der Waals surface area contributed by atoms with Crippen molar-refractivity contribution in [2.45, 2.75) is 0 Å². The van der Waals surface area contributed by atoms with E-state index < -0.39 is 0 Å². The second-order valence-electron chi connectivity index (χ2n) is 11.5. The number of hydrogen-bond donors (Lipinski definition) is 0. The molecule has 9 rings (SSSR count). The van der Waals surface area contributed by atoms with Crippen LogP contribution in [0.4, 0.5) is 0 Å². The van der Waals surface area contributed by atoms with Crippen LogP contribution in [-0.2, 0) is 0 Å². The summed E-state index contributed by atoms with van der Waals surface area (Å²) >= 11 is 0. The Hall–Kier alpha value is -6.26. The molecular formula is C42H26N4. The topological polar surface area (TPSA) is 51.6 Å². The minimum Gasteiger partial charge on any atom is -0.256 e. The van der Waals surface area contributed by atoms with Crippen molar-refractivity contribution in [1.82, 2.24) is 19.9 Å². The summed E-state index contributed by atoms with van der Waals surface area (Å²) in [5, 5.41) is 5.46. The van der Waals surface area contributed by atoms with Crippen molar-refractivity contribution in [1.29, 1.82) is 0 Å². The van der Waals surface area contributed by atoms with Crippen LogP contribution < -0.4 is 0 Å². The van der Waals surface area contributed by atoms with E-state index in [1.54, 1.807) is 0 Å². The van der Waals surface area contributed by atoms with Gasteiger partial charge in [0.2, 0.25) is 0 Å². The summed E-state index contributed by atoms with van der Waals surface area (Å²) in [5.41, 5.74) is 10.7. The predicted molar refractivity (Wildman–Crippen MR) is 189 cm³/mol. The number of nitrogens with zero attached hydrogens (tertiary/aromatic N) is 4. The Morgan fingerprint density at radius 3 is 1.74 bits per heavy atom. The van der Waals surface area contributed by atoms with Crippen molar-refractivity contribution >= 4 is 43.5 Å². The van der Waals surface area contributed by atoms with Crippen molar-refractivity contribution < 1.29 is 0 Å². The highest BCUT2D eigenvalue weighted by Crippen LogP contribution is 2.39. The molecule has 4 nitrogen and oxygen atoms in total. The summed E-state index contributed by atoms with van der Waals surface area (Å²) in [6.45, 7) is 0. The zero-order chi connectivity index (χ0) is 30.5. The molecule has 5 aromatic carbocycles. The van der Waals surface area contributed by atoms with Crippen molar-refractivity contribution in [3.8, 4) is 45.0 Å². The molecule has 0 fully saturated rings. The smallest absolute Gasteiger partial charge is 0.0972 e. The Morgan fingerprint density at radius 2 is 1.04 bits per heavy atom. The van der Waals surface area contributed by atoms with Gasteiger partial charge in [-0.1, -0.05) is 121 Å². The molecule has 0 unspecified atom stereocenters. The lowest BCUT2D eigenvalue weighted by atomic mass is 9.94. The van der Waals surface area contributed by atoms with Gasteiger partial charge in [0.1, 0.15) is 0 Å². The molecule has 9 aromatic rings. The lowest BCUT2D eigenvalue weighted by Crippen LogP contribution is -1.94. The largest absolute Gasteiger partial charge is 0.256 e. The first kappa shape index (κ1) is 26.2. The fraction of sp³-hybridized carbons (Fsp3) is 0. The van der Waals surface area contributed by atoms with E-state index in [2.05, 4.69) is 115 Å². The minimum absolute atomic E-state index is 0.884. The molecule has 4 aromatic heterocycles. The Morgan fingerprint density at radius 1 is 0.391 bits per heavy atom. The van der Waals surface area contributed by atoms with Gasteiger partial charge < -0.3 is 0 Å². The van der Waals surface area contributed by atoms with Crippen molar-refractivity contribution in [2.24, 2.45) is 0 Å². The van der Waals surface area contributed by atoms with E-state index in [4.69, 9.17) is 19.9 Å². The summed E-state index contributed by atoms with van der Waals surface area (Å²) < 4.78 is 0. The monoisotopic (exact) mass is 586 g/mol. The molecule has 0 radical (unpaired) electrons. The van der Waals surface area contributed by atoms with Crippen LogP contribution in [0.15, 0.2) is 158 Å². The minimum atomic E-state index is 0.884. The van der Waals surface area contributed by atoms with E-state index in [0.29, 0.717) is 0 Å². The molecule has 0 amide bonds. The average molecular weight is 587 g/mol. The summed E-state index contributed by atoms with van der Waals surface area (Å²) in [6, 6.07) is 52.4. The van der Waals surface area contributed by atoms with Gasteiger partial charge in [0.25, 0.3) is 0 Å². The van der Waals surface area contributed by atoms with Crippen molar-refractivity contribution in [3.05, 3.63) is 158 Å². The standard InChI is InChI=1S/C42H26N4/c1-3-10-27(11-4-1)35-23-20-29-17-18-30-21-24-36(45-42(30)41(29)44-35)31-19-22-33-38(26-31)46-40(28-12-5-2-6-13-28)34-15-9-14-32(39(33)34)37-16-7-8-25-43-37/h1-26H. The third kappa shape index (κ3) is 4.39. The average Bonchev–Trinajstić information content (AvgIpc) is 3.14. The van der Waals surface area contributed by atoms with Gasteiger partial charge in [0, 0.05) is 55.4 Å². The summed E-state index contributed by atoms with van der Waals surface area (Å²) in [4.78, 5) is 20.3. The second-order valence-corrected chi connectivity index (χ2v) is 11.5. The third-order valence-electron chi connectivity index (χ3n) is 8.69. The summed E-state index contributed by atoms with van der Waals surface area (Å²) in [5.74, 6) is 0. The van der Waals surface area contributed by atoms with E-state index in [0.717, 1.165) is 88.5 Å². The molecule has 0 N–H and O–H groups in total. The van der Waals surface area contributed by atoms with Gasteiger partial charge in [0.05, 0.1) is 39.3 Å². The van der Waals surface area contributed by atoms with Gasteiger partial charge in [-0.05, 0) is 30.3 Å². The molecule has 214 valence electrons. The van der Waals surface area contributed by atoms with Crippen LogP contribution in [0.5, 0.6) is 0 Å². The molecule has 4 heteroatoms. The maximum Gasteiger partial charge on any atom is 0.0972 e. The van der Waals surface area contributed by atoms with E-state index in [1.165, 1.54) is 0 Å². The van der Waals surface area contributed by atoms with Gasteiger partial charge in [-0.15, -0.1) is 0 Å². The SMILES string of the molecule is c1ccc(-c2ccc3ccc4ccc(-c5ccc6c(c5)nc(-c5ccccc5)c5cccc(-c7ccccn7)c56)nc4c3n2)cc1. The molecule has 0 saturated carbocycles. The molecule has 0 atom stereocenters. The first-order valence-corrected chi connectivity index (χ1v) is 15.4. The van der Waals surface area contributed by atoms with Crippen molar-refractivity contribution in [2.75, 3.05) is 0 Å². The molecule has 0 spiro atoms. The van der Waals surface area contributed by atoms with Crippen LogP contribution in [0, 0.1) is 0 Å². The Balaban J connectivity index is 1.27. The maximum atomic E-state index is 5.29. The number of fused-ring (bicyclic) bond motifs is 6. The molecule has 46 heavy (non-hydrogen) atoms. The van der Waals surface area contributed by atoms with Crippen LogP contribution >= 0.6 is 0 Å². The van der Waals surface area contributed by atoms with Crippen LogP contribution in [-0.4, -0.2) is 19.9 Å². The Bertz CT molecular complexity index is 2560. The van der Waals surface area contributed by atoms with E-state index in [9.17, 15) is 0 Å². The number of hydrogen-bond acceptors (Lipinski definition) is 4. The normalized spacial score (nSPS) is 11.5. The van der Waals surface area contributed by atoms with Crippen LogP contribution in [0.3, 0.4) is 0 Å². The molecule has 4 heterocycles. The highest BCUT2D eigenvalue weighted by molar-refractivity contribution is 6.17. The van der Waals surface area contributed by atoms with E-state index in [1.807, 2.05) is 42.6 Å². The fourth-order valence-corrected chi connectivity index (χ4v) is 6.47. The van der Waals surface area contributed by atoms with Gasteiger partial charge in [0.15, 0.2) is 0 Å². The summed E-state index contributed by atoms with van der Waals surface area (Å²) in [6.07, 6.45) is 1.85. The van der Waals surface area contributed by atoms with E-state index >= 15 is 0 Å². The van der Waals surface area contributed by atoms with Gasteiger partial charge in [-0.3, -0.25) is 4.98 Å². The van der Waals surface area contributed by atoms with Gasteiger partial charge in [-0.2, -0.15) is 0 Å².